The first kappa shape index (κ1) is 28.8. The molecule has 2 amide bonds. The number of amides is 2. The number of carbonyl (C=O) groups excluding carboxylic acids is 2. The van der Waals surface area contributed by atoms with Crippen LogP contribution in [0.1, 0.15) is 22.3 Å². The van der Waals surface area contributed by atoms with Crippen LogP contribution in [0.4, 0.5) is 11.6 Å². The van der Waals surface area contributed by atoms with Crippen molar-refractivity contribution in [3.63, 3.8) is 0 Å². The number of carbonyl (C=O) groups is 2. The fourth-order valence-electron chi connectivity index (χ4n) is 3.47. The second kappa shape index (κ2) is 14.3. The zero-order chi connectivity index (χ0) is 27.5. The molecule has 0 saturated heterocycles. The van der Waals surface area contributed by atoms with Gasteiger partial charge in [0.2, 0.25) is 11.9 Å². The molecule has 0 aliphatic heterocycles. The topological polar surface area (TPSA) is 111 Å². The first-order valence-electron chi connectivity index (χ1n) is 11.5. The normalized spacial score (nSPS) is 11.7. The third kappa shape index (κ3) is 7.62. The molecular weight excluding hydrogens is 529 g/mol. The number of ether oxygens (including phenoxy) is 1. The third-order valence-corrected chi connectivity index (χ3v) is 6.01. The van der Waals surface area contributed by atoms with Gasteiger partial charge in [0, 0.05) is 31.7 Å². The predicted molar refractivity (Wildman–Crippen MR) is 149 cm³/mol. The number of anilines is 2. The van der Waals surface area contributed by atoms with Crippen molar-refractivity contribution in [3.8, 4) is 0 Å². The Labute approximate surface area is 230 Å². The predicted octanol–water partition coefficient (Wildman–Crippen LogP) is 5.24. The number of nitrogens with zero attached hydrogens (tertiary/aromatic N) is 4. The zero-order valence-corrected chi connectivity index (χ0v) is 22.1. The standard InChI is InChI=1S/C27H26Cl2N5O4/c1-3-34(37)26(36)23(32-25(35)24-21(28)8-5-9-22(24)29)10-4-7-19-11-13-20(14-12-19)33(17-18-38-2)27-30-15-6-16-31-27/h3-9,11-16,23H,1,10,17-18H2,2H3,(H,32,35)/q-1/b7-4+. The van der Waals surface area contributed by atoms with Gasteiger partial charge in [-0.15, -0.1) is 0 Å². The maximum Gasteiger partial charge on any atom is 0.254 e. The lowest BCUT2D eigenvalue weighted by atomic mass is 10.1. The van der Waals surface area contributed by atoms with E-state index < -0.39 is 17.9 Å². The maximum atomic E-state index is 12.8. The van der Waals surface area contributed by atoms with Gasteiger partial charge in [-0.2, -0.15) is 0 Å². The molecule has 0 saturated carbocycles. The Morgan fingerprint density at radius 3 is 2.37 bits per heavy atom. The van der Waals surface area contributed by atoms with E-state index in [4.69, 9.17) is 27.9 Å². The first-order chi connectivity index (χ1) is 18.3. The summed E-state index contributed by atoms with van der Waals surface area (Å²) in [5.74, 6) is -1.01. The van der Waals surface area contributed by atoms with Gasteiger partial charge in [0.05, 0.1) is 22.2 Å². The number of nitrogens with one attached hydrogen (secondary N) is 1. The summed E-state index contributed by atoms with van der Waals surface area (Å²) in [7, 11) is 1.63. The van der Waals surface area contributed by atoms with Gasteiger partial charge in [-0.1, -0.05) is 60.1 Å². The van der Waals surface area contributed by atoms with Crippen molar-refractivity contribution >= 4 is 52.7 Å². The van der Waals surface area contributed by atoms with Gasteiger partial charge < -0.3 is 25.2 Å². The highest BCUT2D eigenvalue weighted by molar-refractivity contribution is 6.39. The summed E-state index contributed by atoms with van der Waals surface area (Å²) in [6, 6.07) is 12.8. The molecule has 3 rings (SSSR count). The van der Waals surface area contributed by atoms with Crippen LogP contribution in [0.5, 0.6) is 0 Å². The number of halogens is 2. The monoisotopic (exact) mass is 554 g/mol. The van der Waals surface area contributed by atoms with Crippen molar-refractivity contribution in [2.24, 2.45) is 0 Å². The van der Waals surface area contributed by atoms with Gasteiger partial charge in [-0.3, -0.25) is 9.59 Å². The number of methoxy groups -OCH3 is 1. The van der Waals surface area contributed by atoms with Crippen LogP contribution >= 0.6 is 23.2 Å². The highest BCUT2D eigenvalue weighted by Gasteiger charge is 2.23. The van der Waals surface area contributed by atoms with Crippen molar-refractivity contribution in [1.29, 1.82) is 0 Å². The Hall–Kier alpha value is -3.76. The Bertz CT molecular complexity index is 1250. The van der Waals surface area contributed by atoms with Crippen LogP contribution in [0.2, 0.25) is 10.0 Å². The second-order valence-electron chi connectivity index (χ2n) is 7.89. The molecule has 2 aromatic carbocycles. The van der Waals surface area contributed by atoms with Crippen LogP contribution in [0.15, 0.2) is 79.8 Å². The molecule has 38 heavy (non-hydrogen) atoms. The lowest BCUT2D eigenvalue weighted by Crippen LogP contribution is -2.45. The van der Waals surface area contributed by atoms with E-state index in [0.717, 1.165) is 17.5 Å². The van der Waals surface area contributed by atoms with Gasteiger partial charge in [0.1, 0.15) is 6.04 Å². The van der Waals surface area contributed by atoms with E-state index in [1.165, 1.54) is 12.1 Å². The van der Waals surface area contributed by atoms with Crippen molar-refractivity contribution in [3.05, 3.63) is 106 Å². The minimum atomic E-state index is -1.17. The van der Waals surface area contributed by atoms with Crippen LogP contribution in [0.3, 0.4) is 0 Å². The maximum absolute atomic E-state index is 12.8. The van der Waals surface area contributed by atoms with Gasteiger partial charge in [-0.05, 0) is 48.5 Å². The first-order valence-corrected chi connectivity index (χ1v) is 12.3. The van der Waals surface area contributed by atoms with Gasteiger partial charge >= 0.3 is 0 Å². The molecule has 0 aliphatic rings. The molecule has 0 aliphatic carbocycles. The average molecular weight is 555 g/mol. The van der Waals surface area contributed by atoms with E-state index in [2.05, 4.69) is 21.9 Å². The molecule has 0 bridgehead atoms. The smallest absolute Gasteiger partial charge is 0.254 e. The number of rotatable bonds is 12. The van der Waals surface area contributed by atoms with Crippen molar-refractivity contribution < 1.29 is 14.3 Å². The molecule has 1 aromatic heterocycles. The molecule has 1 atom stereocenters. The Kier molecular flexibility index (Phi) is 10.8. The molecule has 11 heteroatoms. The Balaban J connectivity index is 1.75. The highest BCUT2D eigenvalue weighted by Crippen LogP contribution is 2.25. The summed E-state index contributed by atoms with van der Waals surface area (Å²) in [6.07, 6.45) is 7.68. The Morgan fingerprint density at radius 1 is 1.11 bits per heavy atom. The molecule has 0 fully saturated rings. The summed E-state index contributed by atoms with van der Waals surface area (Å²) in [5.41, 5.74) is 1.73. The van der Waals surface area contributed by atoms with E-state index in [1.54, 1.807) is 43.8 Å². The summed E-state index contributed by atoms with van der Waals surface area (Å²) in [4.78, 5) is 36.0. The average Bonchev–Trinajstić information content (AvgIpc) is 2.93. The molecule has 0 radical (unpaired) electrons. The largest absolute Gasteiger partial charge is 0.752 e. The van der Waals surface area contributed by atoms with Crippen LogP contribution in [-0.4, -0.2) is 53.1 Å². The van der Waals surface area contributed by atoms with Gasteiger partial charge in [-0.25, -0.2) is 9.97 Å². The van der Waals surface area contributed by atoms with Crippen molar-refractivity contribution in [2.75, 3.05) is 25.2 Å². The lowest BCUT2D eigenvalue weighted by Gasteiger charge is -2.28. The van der Waals surface area contributed by atoms with Crippen LogP contribution in [0, 0.1) is 5.21 Å². The number of hydroxylamine groups is 2. The molecule has 1 unspecified atom stereocenters. The quantitative estimate of drug-likeness (QED) is 0.305. The number of hydrogen-bond acceptors (Lipinski definition) is 7. The van der Waals surface area contributed by atoms with Crippen LogP contribution in [0.25, 0.3) is 6.08 Å². The van der Waals surface area contributed by atoms with Gasteiger partial charge in [0.25, 0.3) is 5.91 Å². The van der Waals surface area contributed by atoms with Crippen molar-refractivity contribution in [2.45, 2.75) is 12.5 Å². The summed E-state index contributed by atoms with van der Waals surface area (Å²) in [5, 5.41) is 14.8. The highest BCUT2D eigenvalue weighted by atomic mass is 35.5. The number of benzene rings is 2. The molecular formula is C27H26Cl2N5O4-. The lowest BCUT2D eigenvalue weighted by molar-refractivity contribution is -0.128. The van der Waals surface area contributed by atoms with E-state index in [9.17, 15) is 14.8 Å². The summed E-state index contributed by atoms with van der Waals surface area (Å²) >= 11 is 12.2. The third-order valence-electron chi connectivity index (χ3n) is 5.38. The summed E-state index contributed by atoms with van der Waals surface area (Å²) in [6.45, 7) is 4.37. The Morgan fingerprint density at radius 2 is 1.76 bits per heavy atom. The van der Waals surface area contributed by atoms with E-state index in [-0.39, 0.29) is 27.1 Å². The van der Waals surface area contributed by atoms with Gasteiger partial charge in [0.15, 0.2) is 0 Å². The fraction of sp³-hybridized carbons (Fsp3) is 0.185. The molecule has 9 nitrogen and oxygen atoms in total. The molecule has 198 valence electrons. The SMILES string of the molecule is C=CN([O-])C(=O)C(C/C=C/c1ccc(N(CCOC)c2ncccn2)cc1)NC(=O)c1c(Cl)cccc1Cl. The summed E-state index contributed by atoms with van der Waals surface area (Å²) < 4.78 is 5.22. The van der Waals surface area contributed by atoms with Crippen LogP contribution < -0.4 is 10.2 Å². The minimum absolute atomic E-state index is 0.0182. The number of hydrogen-bond donors (Lipinski definition) is 1. The fourth-order valence-corrected chi connectivity index (χ4v) is 4.04. The molecule has 0 spiro atoms. The van der Waals surface area contributed by atoms with E-state index in [0.29, 0.717) is 19.1 Å². The zero-order valence-electron chi connectivity index (χ0n) is 20.6. The van der Waals surface area contributed by atoms with E-state index >= 15 is 0 Å². The number of aromatic nitrogens is 2. The van der Waals surface area contributed by atoms with Crippen molar-refractivity contribution in [1.82, 2.24) is 20.3 Å². The van der Waals surface area contributed by atoms with E-state index in [1.807, 2.05) is 29.2 Å². The molecule has 1 heterocycles. The molecule has 3 aromatic rings. The minimum Gasteiger partial charge on any atom is -0.752 e. The second-order valence-corrected chi connectivity index (χ2v) is 8.71. The molecule has 1 N–H and O–H groups in total. The van der Waals surface area contributed by atoms with Crippen LogP contribution in [-0.2, 0) is 9.53 Å².